The molecule has 24 heavy (non-hydrogen) atoms. The van der Waals surface area contributed by atoms with Gasteiger partial charge in [-0.1, -0.05) is 38.5 Å². The second-order valence-corrected chi connectivity index (χ2v) is 8.13. The Balaban J connectivity index is 1.62. The van der Waals surface area contributed by atoms with Gasteiger partial charge in [-0.3, -0.25) is 4.55 Å². The molecule has 0 aromatic rings. The Kier molecular flexibility index (Phi) is 8.93. The molecule has 2 aliphatic carbocycles. The number of rotatable bonds is 10. The van der Waals surface area contributed by atoms with Crippen LogP contribution in [0.5, 0.6) is 0 Å². The molecule has 1 atom stereocenters. The summed E-state index contributed by atoms with van der Waals surface area (Å²) in [5.74, 6) is 0. The van der Waals surface area contributed by atoms with Gasteiger partial charge < -0.3 is 18.9 Å². The summed E-state index contributed by atoms with van der Waals surface area (Å²) in [5, 5.41) is 0. The highest BCUT2D eigenvalue weighted by Gasteiger charge is 2.25. The van der Waals surface area contributed by atoms with Crippen molar-refractivity contribution in [3.05, 3.63) is 0 Å². The molecule has 0 aromatic carbocycles. The lowest BCUT2D eigenvalue weighted by Gasteiger charge is -2.24. The van der Waals surface area contributed by atoms with Crippen molar-refractivity contribution in [1.29, 1.82) is 0 Å². The van der Waals surface area contributed by atoms with Crippen molar-refractivity contribution in [2.75, 3.05) is 20.2 Å². The summed E-state index contributed by atoms with van der Waals surface area (Å²) >= 11 is 0. The third-order valence-electron chi connectivity index (χ3n) is 4.64. The van der Waals surface area contributed by atoms with Crippen LogP contribution in [0.2, 0.25) is 0 Å². The Morgan fingerprint density at radius 2 is 1.33 bits per heavy atom. The van der Waals surface area contributed by atoms with Gasteiger partial charge in [0.25, 0.3) is 10.1 Å². The van der Waals surface area contributed by atoms with E-state index in [-0.39, 0.29) is 32.4 Å². The molecular weight excluding hydrogens is 336 g/mol. The third kappa shape index (κ3) is 7.76. The molecule has 1 N–H and O–H groups in total. The van der Waals surface area contributed by atoms with Crippen molar-refractivity contribution in [1.82, 2.24) is 0 Å². The van der Waals surface area contributed by atoms with Crippen molar-refractivity contribution in [2.24, 2.45) is 0 Å². The fraction of sp³-hybridized carbons (Fsp3) is 1.00. The van der Waals surface area contributed by atoms with Crippen molar-refractivity contribution < 1.29 is 31.9 Å². The molecule has 0 bridgehead atoms. The van der Waals surface area contributed by atoms with Gasteiger partial charge in [0.2, 0.25) is 5.44 Å². The highest BCUT2D eigenvalue weighted by molar-refractivity contribution is 7.86. The first-order chi connectivity index (χ1) is 11.6. The molecule has 2 rings (SSSR count). The van der Waals surface area contributed by atoms with E-state index in [0.717, 1.165) is 51.4 Å². The van der Waals surface area contributed by atoms with E-state index in [9.17, 15) is 13.0 Å². The maximum absolute atomic E-state index is 11.4. The van der Waals surface area contributed by atoms with Crippen LogP contribution >= 0.6 is 0 Å². The van der Waals surface area contributed by atoms with Crippen LogP contribution in [-0.4, -0.2) is 50.8 Å². The predicted molar refractivity (Wildman–Crippen MR) is 88.0 cm³/mol. The predicted octanol–water partition coefficient (Wildman–Crippen LogP) is 2.85. The first-order valence-electron chi connectivity index (χ1n) is 8.94. The first-order valence-corrected chi connectivity index (χ1v) is 10.4. The molecule has 142 valence electrons. The SMILES string of the molecule is O=S(=O)(O)C(COCOC1CCCCC1)OCOC1CCCCC1. The minimum absolute atomic E-state index is 0.00350. The zero-order valence-corrected chi connectivity index (χ0v) is 15.0. The highest BCUT2D eigenvalue weighted by Crippen LogP contribution is 2.21. The average molecular weight is 366 g/mol. The third-order valence-corrected chi connectivity index (χ3v) is 5.57. The van der Waals surface area contributed by atoms with Gasteiger partial charge in [0.1, 0.15) is 13.6 Å². The molecule has 2 fully saturated rings. The van der Waals surface area contributed by atoms with Crippen LogP contribution in [0, 0.1) is 0 Å². The lowest BCUT2D eigenvalue weighted by atomic mass is 9.98. The molecule has 0 amide bonds. The average Bonchev–Trinajstić information content (AvgIpc) is 2.58. The van der Waals surface area contributed by atoms with E-state index in [1.54, 1.807) is 0 Å². The Hall–Kier alpha value is -0.250. The Labute approximate surface area is 144 Å². The molecule has 2 saturated carbocycles. The quantitative estimate of drug-likeness (QED) is 0.361. The topological polar surface area (TPSA) is 91.3 Å². The maximum Gasteiger partial charge on any atom is 0.294 e. The van der Waals surface area contributed by atoms with Gasteiger partial charge >= 0.3 is 0 Å². The summed E-state index contributed by atoms with van der Waals surface area (Å²) in [7, 11) is -4.36. The summed E-state index contributed by atoms with van der Waals surface area (Å²) < 4.78 is 53.4. The molecule has 7 nitrogen and oxygen atoms in total. The van der Waals surface area contributed by atoms with Gasteiger partial charge in [-0.05, 0) is 25.7 Å². The summed E-state index contributed by atoms with van der Waals surface area (Å²) in [4.78, 5) is 0. The number of hydrogen-bond donors (Lipinski definition) is 1. The van der Waals surface area contributed by atoms with E-state index < -0.39 is 15.6 Å². The molecule has 0 heterocycles. The molecule has 1 unspecified atom stereocenters. The van der Waals surface area contributed by atoms with Crippen molar-refractivity contribution in [3.63, 3.8) is 0 Å². The second-order valence-electron chi connectivity index (χ2n) is 6.57. The van der Waals surface area contributed by atoms with E-state index in [4.69, 9.17) is 18.9 Å². The minimum atomic E-state index is -4.36. The largest absolute Gasteiger partial charge is 0.352 e. The standard InChI is InChI=1S/C16H30O7S/c17-24(18,19)16(23-13-22-15-9-5-2-6-10-15)11-20-12-21-14-7-3-1-4-8-14/h14-16H,1-13H2,(H,17,18,19). The molecule has 2 aliphatic rings. The normalized spacial score (nSPS) is 22.5. The van der Waals surface area contributed by atoms with Gasteiger partial charge in [0, 0.05) is 0 Å². The van der Waals surface area contributed by atoms with Gasteiger partial charge in [0.05, 0.1) is 18.8 Å². The van der Waals surface area contributed by atoms with Crippen molar-refractivity contribution in [2.45, 2.75) is 81.9 Å². The lowest BCUT2D eigenvalue weighted by molar-refractivity contribution is -0.144. The molecule has 8 heteroatoms. The summed E-state index contributed by atoms with van der Waals surface area (Å²) in [5.41, 5.74) is -1.45. The molecule has 0 saturated heterocycles. The van der Waals surface area contributed by atoms with Crippen LogP contribution in [0.15, 0.2) is 0 Å². The van der Waals surface area contributed by atoms with Crippen LogP contribution < -0.4 is 0 Å². The van der Waals surface area contributed by atoms with E-state index in [2.05, 4.69) is 0 Å². The van der Waals surface area contributed by atoms with Gasteiger partial charge in [0.15, 0.2) is 0 Å². The van der Waals surface area contributed by atoms with Crippen LogP contribution in [0.25, 0.3) is 0 Å². The smallest absolute Gasteiger partial charge is 0.294 e. The fourth-order valence-electron chi connectivity index (χ4n) is 3.18. The van der Waals surface area contributed by atoms with Crippen LogP contribution in [0.3, 0.4) is 0 Å². The van der Waals surface area contributed by atoms with E-state index in [1.165, 1.54) is 12.8 Å². The summed E-state index contributed by atoms with van der Waals surface area (Å²) in [6.07, 6.45) is 11.2. The number of hydrogen-bond acceptors (Lipinski definition) is 6. The van der Waals surface area contributed by atoms with Gasteiger partial charge in [-0.15, -0.1) is 0 Å². The van der Waals surface area contributed by atoms with Gasteiger partial charge in [-0.25, -0.2) is 0 Å². The Morgan fingerprint density at radius 1 is 0.833 bits per heavy atom. The highest BCUT2D eigenvalue weighted by atomic mass is 32.2. The zero-order chi connectivity index (χ0) is 17.3. The monoisotopic (exact) mass is 366 g/mol. The Morgan fingerprint density at radius 3 is 1.83 bits per heavy atom. The zero-order valence-electron chi connectivity index (χ0n) is 14.2. The molecule has 0 radical (unpaired) electrons. The van der Waals surface area contributed by atoms with E-state index in [1.807, 2.05) is 0 Å². The fourth-order valence-corrected chi connectivity index (χ4v) is 3.68. The van der Waals surface area contributed by atoms with Crippen LogP contribution in [0.1, 0.15) is 64.2 Å². The lowest BCUT2D eigenvalue weighted by Crippen LogP contribution is -2.32. The van der Waals surface area contributed by atoms with Crippen molar-refractivity contribution in [3.8, 4) is 0 Å². The molecule has 0 aromatic heterocycles. The maximum atomic E-state index is 11.4. The number of ether oxygens (including phenoxy) is 4. The minimum Gasteiger partial charge on any atom is -0.352 e. The molecule has 0 aliphatic heterocycles. The second kappa shape index (κ2) is 10.7. The van der Waals surface area contributed by atoms with E-state index in [0.29, 0.717) is 0 Å². The molecule has 0 spiro atoms. The van der Waals surface area contributed by atoms with Crippen LogP contribution in [-0.2, 0) is 29.1 Å². The van der Waals surface area contributed by atoms with Gasteiger partial charge in [-0.2, -0.15) is 8.42 Å². The summed E-state index contributed by atoms with van der Waals surface area (Å²) in [6, 6.07) is 0. The Bertz CT molecular complexity index is 428. The first kappa shape index (κ1) is 20.1. The van der Waals surface area contributed by atoms with E-state index >= 15 is 0 Å². The van der Waals surface area contributed by atoms with Crippen LogP contribution in [0.4, 0.5) is 0 Å². The van der Waals surface area contributed by atoms with Crippen molar-refractivity contribution >= 4 is 10.1 Å². The summed E-state index contributed by atoms with van der Waals surface area (Å²) in [6.45, 7) is -0.439. The molecular formula is C16H30O7S.